The molecule has 0 aliphatic rings. The Labute approximate surface area is 144 Å². The fourth-order valence-electron chi connectivity index (χ4n) is 2.41. The summed E-state index contributed by atoms with van der Waals surface area (Å²) in [5.74, 6) is -0.377. The molecule has 124 valence electrons. The van der Waals surface area contributed by atoms with E-state index in [4.69, 9.17) is 21.7 Å². The van der Waals surface area contributed by atoms with Crippen LogP contribution in [0.5, 0.6) is 11.5 Å². The van der Waals surface area contributed by atoms with Gasteiger partial charge in [0.25, 0.3) is 0 Å². The van der Waals surface area contributed by atoms with Crippen LogP contribution in [-0.4, -0.2) is 29.8 Å². The number of pyridine rings is 1. The number of carbonyl (C=O) groups is 1. The number of H-pyrrole nitrogens is 1. The number of carbonyl (C=O) groups excluding carboxylic acids is 1. The lowest BCUT2D eigenvalue weighted by atomic mass is 9.94. The molecule has 1 heterocycles. The van der Waals surface area contributed by atoms with Crippen LogP contribution < -0.4 is 4.74 Å². The SMILES string of the molecule is CCOC(=O)c1c(C)[nH]c(=S)c(C#N)c1-c1ccc(O)c(OC)c1. The lowest BCUT2D eigenvalue weighted by Gasteiger charge is -2.15. The average molecular weight is 344 g/mol. The predicted octanol–water partition coefficient (Wildman–Crippen LogP) is 3.48. The van der Waals surface area contributed by atoms with Crippen LogP contribution in [0.1, 0.15) is 28.5 Å². The number of rotatable bonds is 4. The van der Waals surface area contributed by atoms with Crippen LogP contribution in [0.3, 0.4) is 0 Å². The molecule has 0 bridgehead atoms. The van der Waals surface area contributed by atoms with E-state index in [0.29, 0.717) is 16.8 Å². The number of aromatic amines is 1. The van der Waals surface area contributed by atoms with E-state index in [1.807, 2.05) is 6.07 Å². The number of nitrogens with zero attached hydrogens (tertiary/aromatic N) is 1. The van der Waals surface area contributed by atoms with E-state index >= 15 is 0 Å². The van der Waals surface area contributed by atoms with E-state index in [9.17, 15) is 15.2 Å². The van der Waals surface area contributed by atoms with E-state index in [-0.39, 0.29) is 33.9 Å². The third-order valence-electron chi connectivity index (χ3n) is 3.46. The molecular weight excluding hydrogens is 328 g/mol. The van der Waals surface area contributed by atoms with Crippen LogP contribution in [0.2, 0.25) is 0 Å². The van der Waals surface area contributed by atoms with Crippen molar-refractivity contribution in [1.82, 2.24) is 4.98 Å². The number of aromatic hydroxyl groups is 1. The van der Waals surface area contributed by atoms with Crippen LogP contribution in [0.4, 0.5) is 0 Å². The van der Waals surface area contributed by atoms with Crippen LogP contribution in [0.25, 0.3) is 11.1 Å². The van der Waals surface area contributed by atoms with Crippen molar-refractivity contribution >= 4 is 18.2 Å². The normalized spacial score (nSPS) is 10.1. The predicted molar refractivity (Wildman–Crippen MR) is 90.7 cm³/mol. The van der Waals surface area contributed by atoms with Gasteiger partial charge in [-0.15, -0.1) is 0 Å². The third-order valence-corrected chi connectivity index (χ3v) is 3.77. The number of benzene rings is 1. The quantitative estimate of drug-likeness (QED) is 0.651. The van der Waals surface area contributed by atoms with Gasteiger partial charge in [-0.1, -0.05) is 18.3 Å². The first kappa shape index (κ1) is 17.5. The molecule has 0 atom stereocenters. The smallest absolute Gasteiger partial charge is 0.340 e. The van der Waals surface area contributed by atoms with E-state index in [1.54, 1.807) is 26.0 Å². The summed E-state index contributed by atoms with van der Waals surface area (Å²) >= 11 is 5.21. The number of phenolic OH excluding ortho intramolecular Hbond substituents is 1. The van der Waals surface area contributed by atoms with Crippen molar-refractivity contribution in [3.8, 4) is 28.7 Å². The molecule has 0 radical (unpaired) electrons. The zero-order valence-electron chi connectivity index (χ0n) is 13.5. The van der Waals surface area contributed by atoms with Gasteiger partial charge in [0.1, 0.15) is 10.7 Å². The van der Waals surface area contributed by atoms with Gasteiger partial charge in [-0.25, -0.2) is 4.79 Å². The maximum Gasteiger partial charge on any atom is 0.340 e. The van der Waals surface area contributed by atoms with Crippen LogP contribution in [-0.2, 0) is 4.74 Å². The van der Waals surface area contributed by atoms with Crippen molar-refractivity contribution in [2.45, 2.75) is 13.8 Å². The lowest BCUT2D eigenvalue weighted by molar-refractivity contribution is 0.0526. The number of nitrogens with one attached hydrogen (secondary N) is 1. The van der Waals surface area contributed by atoms with Gasteiger partial charge in [0.2, 0.25) is 0 Å². The van der Waals surface area contributed by atoms with Crippen LogP contribution in [0, 0.1) is 22.9 Å². The highest BCUT2D eigenvalue weighted by Crippen LogP contribution is 2.36. The van der Waals surface area contributed by atoms with Gasteiger partial charge in [0.15, 0.2) is 11.5 Å². The number of hydrogen-bond acceptors (Lipinski definition) is 6. The van der Waals surface area contributed by atoms with Gasteiger partial charge in [0, 0.05) is 11.3 Å². The minimum Gasteiger partial charge on any atom is -0.504 e. The van der Waals surface area contributed by atoms with Crippen molar-refractivity contribution in [1.29, 1.82) is 5.26 Å². The summed E-state index contributed by atoms with van der Waals surface area (Å²) < 4.78 is 10.4. The highest BCUT2D eigenvalue weighted by Gasteiger charge is 2.23. The van der Waals surface area contributed by atoms with Crippen LogP contribution >= 0.6 is 12.2 Å². The van der Waals surface area contributed by atoms with E-state index < -0.39 is 5.97 Å². The summed E-state index contributed by atoms with van der Waals surface area (Å²) in [6.45, 7) is 3.59. The molecule has 2 N–H and O–H groups in total. The minimum absolute atomic E-state index is 0.0461. The average Bonchev–Trinajstić information content (AvgIpc) is 2.54. The molecule has 0 aliphatic carbocycles. The number of phenols is 1. The number of esters is 1. The number of ether oxygens (including phenoxy) is 2. The van der Waals surface area contributed by atoms with Gasteiger partial charge in [-0.3, -0.25) is 0 Å². The second-order valence-corrected chi connectivity index (χ2v) is 5.33. The van der Waals surface area contributed by atoms with E-state index in [2.05, 4.69) is 4.98 Å². The maximum atomic E-state index is 12.4. The summed E-state index contributed by atoms with van der Waals surface area (Å²) in [5, 5.41) is 19.3. The van der Waals surface area contributed by atoms with Crippen molar-refractivity contribution < 1.29 is 19.4 Å². The zero-order valence-corrected chi connectivity index (χ0v) is 14.3. The number of methoxy groups -OCH3 is 1. The Bertz CT molecular complexity index is 897. The van der Waals surface area contributed by atoms with Gasteiger partial charge in [-0.05, 0) is 31.5 Å². The summed E-state index contributed by atoms with van der Waals surface area (Å²) in [6, 6.07) is 6.59. The fourth-order valence-corrected chi connectivity index (χ4v) is 2.71. The summed E-state index contributed by atoms with van der Waals surface area (Å²) in [7, 11) is 1.42. The Morgan fingerprint density at radius 1 is 1.46 bits per heavy atom. The Morgan fingerprint density at radius 3 is 2.75 bits per heavy atom. The molecule has 7 heteroatoms. The maximum absolute atomic E-state index is 12.4. The first-order valence-electron chi connectivity index (χ1n) is 7.16. The van der Waals surface area contributed by atoms with Gasteiger partial charge in [0.05, 0.1) is 24.8 Å². The topological polar surface area (TPSA) is 95.3 Å². The van der Waals surface area contributed by atoms with Gasteiger partial charge in [-0.2, -0.15) is 5.26 Å². The van der Waals surface area contributed by atoms with Crippen molar-refractivity contribution in [2.24, 2.45) is 0 Å². The zero-order chi connectivity index (χ0) is 17.9. The molecule has 2 rings (SSSR count). The van der Waals surface area contributed by atoms with Crippen molar-refractivity contribution in [3.63, 3.8) is 0 Å². The van der Waals surface area contributed by atoms with Gasteiger partial charge < -0.3 is 19.6 Å². The fraction of sp³-hybridized carbons (Fsp3) is 0.235. The molecule has 2 aromatic rings. The minimum atomic E-state index is -0.556. The van der Waals surface area contributed by atoms with E-state index in [1.165, 1.54) is 13.2 Å². The summed E-state index contributed by atoms with van der Waals surface area (Å²) in [6.07, 6.45) is 0. The molecule has 6 nitrogen and oxygen atoms in total. The molecule has 0 unspecified atom stereocenters. The molecule has 1 aromatic carbocycles. The summed E-state index contributed by atoms with van der Waals surface area (Å²) in [5.41, 5.74) is 1.77. The Morgan fingerprint density at radius 2 is 2.17 bits per heavy atom. The molecule has 0 aliphatic heterocycles. The Kier molecular flexibility index (Phi) is 5.21. The Balaban J connectivity index is 2.87. The molecule has 0 saturated heterocycles. The molecule has 1 aromatic heterocycles. The second kappa shape index (κ2) is 7.15. The van der Waals surface area contributed by atoms with Gasteiger partial charge >= 0.3 is 5.97 Å². The standard InChI is InChI=1S/C17H16N2O4S/c1-4-23-17(21)14-9(2)19-16(24)11(8-18)15(14)10-5-6-12(20)13(7-10)22-3/h5-7,20H,4H2,1-3H3,(H,19,24). The summed E-state index contributed by atoms with van der Waals surface area (Å²) in [4.78, 5) is 15.3. The van der Waals surface area contributed by atoms with E-state index in [0.717, 1.165) is 0 Å². The monoisotopic (exact) mass is 344 g/mol. The van der Waals surface area contributed by atoms with Crippen LogP contribution in [0.15, 0.2) is 18.2 Å². The molecular formula is C17H16N2O4S. The molecule has 24 heavy (non-hydrogen) atoms. The van der Waals surface area contributed by atoms with Crippen molar-refractivity contribution in [2.75, 3.05) is 13.7 Å². The molecule has 0 amide bonds. The number of nitriles is 1. The second-order valence-electron chi connectivity index (χ2n) is 4.92. The molecule has 0 fully saturated rings. The molecule has 0 spiro atoms. The highest BCUT2D eigenvalue weighted by molar-refractivity contribution is 7.71. The number of aromatic nitrogens is 1. The Hall–Kier alpha value is -2.85. The largest absolute Gasteiger partial charge is 0.504 e. The highest BCUT2D eigenvalue weighted by atomic mass is 32.1. The number of hydrogen-bond donors (Lipinski definition) is 2. The van der Waals surface area contributed by atoms with Crippen molar-refractivity contribution in [3.05, 3.63) is 39.7 Å². The first-order valence-corrected chi connectivity index (χ1v) is 7.56. The third kappa shape index (κ3) is 3.09. The lowest BCUT2D eigenvalue weighted by Crippen LogP contribution is -2.12. The first-order chi connectivity index (χ1) is 11.4. The molecule has 0 saturated carbocycles. The number of aryl methyl sites for hydroxylation is 1.